The van der Waals surface area contributed by atoms with Crippen LogP contribution in [0.1, 0.15) is 6.42 Å². The SMILES string of the molecule is O=C1C(Br)CCN1Oc1ccccc1. The lowest BCUT2D eigenvalue weighted by atomic mass is 10.3. The van der Waals surface area contributed by atoms with Crippen molar-refractivity contribution in [3.8, 4) is 5.75 Å². The fourth-order valence-electron chi connectivity index (χ4n) is 1.32. The van der Waals surface area contributed by atoms with Gasteiger partial charge in [0, 0.05) is 0 Å². The molecule has 2 rings (SSSR count). The molecule has 1 atom stereocenters. The number of alkyl halides is 1. The maximum Gasteiger partial charge on any atom is 0.268 e. The number of carbonyl (C=O) groups is 1. The first-order chi connectivity index (χ1) is 6.77. The van der Waals surface area contributed by atoms with Crippen LogP contribution in [-0.2, 0) is 4.79 Å². The van der Waals surface area contributed by atoms with Crippen molar-refractivity contribution in [3.63, 3.8) is 0 Å². The Hall–Kier alpha value is -1.03. The number of amides is 1. The van der Waals surface area contributed by atoms with Crippen molar-refractivity contribution in [2.24, 2.45) is 0 Å². The monoisotopic (exact) mass is 255 g/mol. The van der Waals surface area contributed by atoms with Crippen LogP contribution in [0.3, 0.4) is 0 Å². The number of benzene rings is 1. The van der Waals surface area contributed by atoms with Crippen LogP contribution in [0, 0.1) is 0 Å². The second-order valence-electron chi connectivity index (χ2n) is 3.10. The summed E-state index contributed by atoms with van der Waals surface area (Å²) in [4.78, 5) is 16.8. The Labute approximate surface area is 90.7 Å². The van der Waals surface area contributed by atoms with E-state index in [1.807, 2.05) is 30.3 Å². The molecule has 1 aromatic rings. The molecule has 1 aromatic carbocycles. The van der Waals surface area contributed by atoms with Crippen molar-refractivity contribution < 1.29 is 9.63 Å². The van der Waals surface area contributed by atoms with E-state index in [0.717, 1.165) is 6.42 Å². The number of hydrogen-bond donors (Lipinski definition) is 0. The van der Waals surface area contributed by atoms with E-state index in [2.05, 4.69) is 15.9 Å². The predicted molar refractivity (Wildman–Crippen MR) is 56.1 cm³/mol. The summed E-state index contributed by atoms with van der Waals surface area (Å²) in [5.74, 6) is 0.691. The average molecular weight is 256 g/mol. The van der Waals surface area contributed by atoms with Crippen LogP contribution < -0.4 is 4.84 Å². The summed E-state index contributed by atoms with van der Waals surface area (Å²) in [6.45, 7) is 0.643. The second kappa shape index (κ2) is 4.00. The van der Waals surface area contributed by atoms with E-state index < -0.39 is 0 Å². The quantitative estimate of drug-likeness (QED) is 0.757. The van der Waals surface area contributed by atoms with Gasteiger partial charge in [0.1, 0.15) is 0 Å². The summed E-state index contributed by atoms with van der Waals surface area (Å²) in [6.07, 6.45) is 0.797. The minimum Gasteiger partial charge on any atom is -0.377 e. The summed E-state index contributed by atoms with van der Waals surface area (Å²) >= 11 is 3.29. The van der Waals surface area contributed by atoms with Gasteiger partial charge in [-0.05, 0) is 18.6 Å². The van der Waals surface area contributed by atoms with E-state index in [1.165, 1.54) is 5.06 Å². The predicted octanol–water partition coefficient (Wildman–Crippen LogP) is 1.98. The number of halogens is 1. The molecule has 1 unspecified atom stereocenters. The van der Waals surface area contributed by atoms with Crippen LogP contribution in [0.25, 0.3) is 0 Å². The third-order valence-electron chi connectivity index (χ3n) is 2.06. The van der Waals surface area contributed by atoms with Crippen LogP contribution in [0.4, 0.5) is 0 Å². The number of para-hydroxylation sites is 1. The molecule has 0 spiro atoms. The van der Waals surface area contributed by atoms with Gasteiger partial charge in [0.05, 0.1) is 11.4 Å². The molecule has 1 amide bonds. The molecular weight excluding hydrogens is 246 g/mol. The van der Waals surface area contributed by atoms with Crippen LogP contribution in [0.5, 0.6) is 5.75 Å². The van der Waals surface area contributed by atoms with Gasteiger partial charge in [0.15, 0.2) is 5.75 Å². The molecule has 1 aliphatic rings. The summed E-state index contributed by atoms with van der Waals surface area (Å²) in [7, 11) is 0. The van der Waals surface area contributed by atoms with Crippen molar-refractivity contribution >= 4 is 21.8 Å². The van der Waals surface area contributed by atoms with Gasteiger partial charge in [0.25, 0.3) is 5.91 Å². The first-order valence-electron chi connectivity index (χ1n) is 4.46. The number of hydrogen-bond acceptors (Lipinski definition) is 2. The van der Waals surface area contributed by atoms with E-state index in [9.17, 15) is 4.79 Å². The highest BCUT2D eigenvalue weighted by Crippen LogP contribution is 2.20. The molecule has 1 fully saturated rings. The van der Waals surface area contributed by atoms with Crippen molar-refractivity contribution in [1.82, 2.24) is 5.06 Å². The second-order valence-corrected chi connectivity index (χ2v) is 4.21. The standard InChI is InChI=1S/C10H10BrNO2/c11-9-6-7-12(10(9)13)14-8-4-2-1-3-5-8/h1-5,9H,6-7H2. The zero-order valence-electron chi connectivity index (χ0n) is 7.52. The number of hydroxylamine groups is 2. The number of carbonyl (C=O) groups excluding carboxylic acids is 1. The Morgan fingerprint density at radius 3 is 2.64 bits per heavy atom. The van der Waals surface area contributed by atoms with Crippen molar-refractivity contribution in [1.29, 1.82) is 0 Å². The van der Waals surface area contributed by atoms with Crippen molar-refractivity contribution in [2.75, 3.05) is 6.54 Å². The minimum absolute atomic E-state index is 0.00569. The minimum atomic E-state index is -0.0915. The molecule has 0 bridgehead atoms. The van der Waals surface area contributed by atoms with Gasteiger partial charge in [-0.15, -0.1) is 0 Å². The Morgan fingerprint density at radius 1 is 1.36 bits per heavy atom. The summed E-state index contributed by atoms with van der Waals surface area (Å²) in [6, 6.07) is 9.32. The molecule has 0 aliphatic carbocycles. The first kappa shape index (κ1) is 9.52. The molecule has 3 nitrogen and oxygen atoms in total. The van der Waals surface area contributed by atoms with Gasteiger partial charge >= 0.3 is 0 Å². The maximum absolute atomic E-state index is 11.5. The van der Waals surface area contributed by atoms with E-state index in [4.69, 9.17) is 4.84 Å². The van der Waals surface area contributed by atoms with Crippen molar-refractivity contribution in [3.05, 3.63) is 30.3 Å². The third kappa shape index (κ3) is 1.90. The lowest BCUT2D eigenvalue weighted by Crippen LogP contribution is -2.30. The number of nitrogens with zero attached hydrogens (tertiary/aromatic N) is 1. The normalized spacial score (nSPS) is 21.4. The summed E-state index contributed by atoms with van der Waals surface area (Å²) in [5, 5.41) is 1.40. The van der Waals surface area contributed by atoms with Crippen LogP contribution >= 0.6 is 15.9 Å². The van der Waals surface area contributed by atoms with E-state index in [0.29, 0.717) is 12.3 Å². The van der Waals surface area contributed by atoms with E-state index in [-0.39, 0.29) is 10.7 Å². The topological polar surface area (TPSA) is 29.5 Å². The fraction of sp³-hybridized carbons (Fsp3) is 0.300. The Bertz CT molecular complexity index is 328. The lowest BCUT2D eigenvalue weighted by molar-refractivity contribution is -0.149. The van der Waals surface area contributed by atoms with Gasteiger partial charge in [-0.2, -0.15) is 5.06 Å². The van der Waals surface area contributed by atoms with Gasteiger partial charge in [-0.3, -0.25) is 4.79 Å². The van der Waals surface area contributed by atoms with Crippen molar-refractivity contribution in [2.45, 2.75) is 11.2 Å². The zero-order chi connectivity index (χ0) is 9.97. The highest BCUT2D eigenvalue weighted by atomic mass is 79.9. The Balaban J connectivity index is 2.02. The summed E-state index contributed by atoms with van der Waals surface area (Å²) < 4.78 is 0. The fourth-order valence-corrected chi connectivity index (χ4v) is 1.75. The summed E-state index contributed by atoms with van der Waals surface area (Å²) in [5.41, 5.74) is 0. The molecule has 74 valence electrons. The molecular formula is C10H10BrNO2. The molecule has 14 heavy (non-hydrogen) atoms. The lowest BCUT2D eigenvalue weighted by Gasteiger charge is -2.15. The molecule has 1 saturated heterocycles. The highest BCUT2D eigenvalue weighted by Gasteiger charge is 2.31. The zero-order valence-corrected chi connectivity index (χ0v) is 9.11. The first-order valence-corrected chi connectivity index (χ1v) is 5.37. The molecule has 1 heterocycles. The molecule has 0 radical (unpaired) electrons. The Kier molecular flexibility index (Phi) is 2.72. The third-order valence-corrected chi connectivity index (χ3v) is 2.91. The van der Waals surface area contributed by atoms with Crippen LogP contribution in [0.15, 0.2) is 30.3 Å². The largest absolute Gasteiger partial charge is 0.377 e. The van der Waals surface area contributed by atoms with Gasteiger partial charge in [-0.1, -0.05) is 34.1 Å². The Morgan fingerprint density at radius 2 is 2.07 bits per heavy atom. The number of rotatable bonds is 2. The highest BCUT2D eigenvalue weighted by molar-refractivity contribution is 9.10. The van der Waals surface area contributed by atoms with E-state index >= 15 is 0 Å². The molecule has 0 aromatic heterocycles. The average Bonchev–Trinajstić information content (AvgIpc) is 2.52. The van der Waals surface area contributed by atoms with Gasteiger partial charge in [-0.25, -0.2) is 0 Å². The molecule has 0 saturated carbocycles. The smallest absolute Gasteiger partial charge is 0.268 e. The molecule has 4 heteroatoms. The maximum atomic E-state index is 11.5. The van der Waals surface area contributed by atoms with E-state index in [1.54, 1.807) is 0 Å². The van der Waals surface area contributed by atoms with Crippen LogP contribution in [-0.4, -0.2) is 22.3 Å². The van der Waals surface area contributed by atoms with Gasteiger partial charge in [0.2, 0.25) is 0 Å². The van der Waals surface area contributed by atoms with Gasteiger partial charge < -0.3 is 4.84 Å². The molecule has 1 aliphatic heterocycles. The molecule has 0 N–H and O–H groups in total. The van der Waals surface area contributed by atoms with Crippen LogP contribution in [0.2, 0.25) is 0 Å².